The number of methoxy groups -OCH3 is 1. The summed E-state index contributed by atoms with van der Waals surface area (Å²) in [5.41, 5.74) is 0.722. The highest BCUT2D eigenvalue weighted by atomic mass is 32.2. The number of rotatable bonds is 5. The van der Waals surface area contributed by atoms with E-state index in [-0.39, 0.29) is 39.4 Å². The first-order valence-corrected chi connectivity index (χ1v) is 10.4. The molecule has 0 saturated carbocycles. The molecular weight excluding hydrogens is 383 g/mol. The van der Waals surface area contributed by atoms with Gasteiger partial charge in [-0.3, -0.25) is 4.79 Å². The van der Waals surface area contributed by atoms with Crippen LogP contribution < -0.4 is 14.7 Å². The first-order valence-electron chi connectivity index (χ1n) is 9.35. The van der Waals surface area contributed by atoms with E-state index in [1.165, 1.54) is 18.9 Å². The maximum absolute atomic E-state index is 12.6. The van der Waals surface area contributed by atoms with Gasteiger partial charge in [-0.25, -0.2) is 4.79 Å². The maximum Gasteiger partial charge on any atom is 0.536 e. The van der Waals surface area contributed by atoms with E-state index in [1.807, 2.05) is 4.90 Å². The average Bonchev–Trinajstić information content (AvgIpc) is 3.11. The van der Waals surface area contributed by atoms with Gasteiger partial charge in [0.15, 0.2) is 0 Å². The first-order chi connectivity index (χ1) is 13.4. The van der Waals surface area contributed by atoms with E-state index in [9.17, 15) is 19.7 Å². The van der Waals surface area contributed by atoms with Crippen LogP contribution in [0.4, 0.5) is 0 Å². The van der Waals surface area contributed by atoms with Gasteiger partial charge in [0.25, 0.3) is 0 Å². The number of thioether (sulfide) groups is 1. The highest BCUT2D eigenvalue weighted by Gasteiger charge is 2.44. The number of amides is 1. The molecule has 3 aliphatic heterocycles. The zero-order chi connectivity index (χ0) is 19.9. The van der Waals surface area contributed by atoms with Crippen molar-refractivity contribution in [1.29, 1.82) is 0 Å². The lowest BCUT2D eigenvalue weighted by atomic mass is 9.77. The zero-order valence-electron chi connectivity index (χ0n) is 15.6. The van der Waals surface area contributed by atoms with E-state index >= 15 is 0 Å². The summed E-state index contributed by atoms with van der Waals surface area (Å²) < 4.78 is 10.6. The molecular formula is C18H23BN2O6S. The van der Waals surface area contributed by atoms with E-state index < -0.39 is 13.1 Å². The molecule has 2 saturated heterocycles. The molecule has 3 N–H and O–H groups in total. The molecule has 0 bridgehead atoms. The Morgan fingerprint density at radius 3 is 2.86 bits per heavy atom. The second-order valence-corrected chi connectivity index (χ2v) is 8.75. The Morgan fingerprint density at radius 1 is 1.46 bits per heavy atom. The maximum atomic E-state index is 12.6. The van der Waals surface area contributed by atoms with Crippen LogP contribution in [0.1, 0.15) is 28.8 Å². The molecule has 150 valence electrons. The second-order valence-electron chi connectivity index (χ2n) is 7.52. The minimum Gasteiger partial charge on any atom is -0.534 e. The van der Waals surface area contributed by atoms with Crippen molar-refractivity contribution in [2.24, 2.45) is 0 Å². The topological polar surface area (TPSA) is 108 Å². The number of carbonyl (C=O) groups excluding carboxylic acids is 1. The number of carbonyl (C=O) groups is 2. The van der Waals surface area contributed by atoms with Gasteiger partial charge in [-0.15, -0.1) is 11.8 Å². The minimum atomic E-state index is -1.19. The Bertz CT molecular complexity index is 803. The molecule has 0 aliphatic carbocycles. The van der Waals surface area contributed by atoms with Crippen molar-refractivity contribution >= 4 is 30.8 Å². The summed E-state index contributed by atoms with van der Waals surface area (Å²) >= 11 is 1.35. The van der Waals surface area contributed by atoms with Crippen molar-refractivity contribution < 1.29 is 29.1 Å². The number of benzene rings is 1. The fraction of sp³-hybridized carbons (Fsp3) is 0.556. The molecule has 10 heteroatoms. The lowest BCUT2D eigenvalue weighted by Gasteiger charge is -2.39. The van der Waals surface area contributed by atoms with Crippen LogP contribution in [0.3, 0.4) is 0 Å². The number of hydrogen-bond donors (Lipinski definition) is 3. The third-order valence-electron chi connectivity index (χ3n) is 5.84. The van der Waals surface area contributed by atoms with Crippen LogP contribution >= 0.6 is 11.8 Å². The monoisotopic (exact) mass is 406 g/mol. The number of likely N-dealkylation sites (tertiary alicyclic amines) is 1. The Morgan fingerprint density at radius 2 is 2.25 bits per heavy atom. The molecule has 3 aliphatic rings. The molecule has 1 aromatic rings. The predicted octanol–water partition coefficient (Wildman–Crippen LogP) is 0.414. The molecule has 0 radical (unpaired) electrons. The fourth-order valence-electron chi connectivity index (χ4n) is 4.11. The van der Waals surface area contributed by atoms with Gasteiger partial charge in [-0.05, 0) is 37.4 Å². The summed E-state index contributed by atoms with van der Waals surface area (Å²) in [7, 11) is 0.202. The predicted molar refractivity (Wildman–Crippen MR) is 105 cm³/mol. The van der Waals surface area contributed by atoms with E-state index in [2.05, 4.69) is 5.32 Å². The number of hydrogen-bond acceptors (Lipinski definition) is 7. The molecule has 28 heavy (non-hydrogen) atoms. The van der Waals surface area contributed by atoms with Gasteiger partial charge in [0.2, 0.25) is 5.91 Å². The molecule has 1 spiro atoms. The Hall–Kier alpha value is -1.91. The van der Waals surface area contributed by atoms with Crippen molar-refractivity contribution in [3.63, 3.8) is 0 Å². The molecule has 1 amide bonds. The molecule has 2 atom stereocenters. The summed E-state index contributed by atoms with van der Waals surface area (Å²) in [6.07, 6.45) is 2.53. The lowest BCUT2D eigenvalue weighted by molar-refractivity contribution is -0.127. The summed E-state index contributed by atoms with van der Waals surface area (Å²) in [5, 5.41) is 22.9. The summed E-state index contributed by atoms with van der Waals surface area (Å²) in [6.45, 7) is 2.53. The molecule has 4 rings (SSSR count). The van der Waals surface area contributed by atoms with Gasteiger partial charge in [0, 0.05) is 18.6 Å². The standard InChI is InChI=1S/C18H23BN2O6S/c1-26-12-3-2-11-8-13(19(25)27-16(11)15(12)17(23)24)28-9-14(22)21-7-5-18(10-21)4-6-20-18/h2-3,13,20,25H,4-10H2,1H3,(H,23,24). The number of aromatic carboxylic acids is 1. The van der Waals surface area contributed by atoms with Crippen molar-refractivity contribution in [3.05, 3.63) is 23.3 Å². The number of carboxylic acid groups (broad SMARTS) is 1. The van der Waals surface area contributed by atoms with Crippen LogP contribution in [0, 0.1) is 0 Å². The third-order valence-corrected chi connectivity index (χ3v) is 7.08. The average molecular weight is 406 g/mol. The van der Waals surface area contributed by atoms with E-state index in [0.717, 1.165) is 32.5 Å². The summed E-state index contributed by atoms with van der Waals surface area (Å²) in [6, 6.07) is 3.33. The van der Waals surface area contributed by atoms with Crippen LogP contribution in [0.5, 0.6) is 11.5 Å². The van der Waals surface area contributed by atoms with Crippen molar-refractivity contribution in [1.82, 2.24) is 10.2 Å². The molecule has 2 fully saturated rings. The number of fused-ring (bicyclic) bond motifs is 1. The molecule has 1 aromatic carbocycles. The highest BCUT2D eigenvalue weighted by molar-refractivity contribution is 8.01. The summed E-state index contributed by atoms with van der Waals surface area (Å²) in [4.78, 5) is 26.0. The number of nitrogens with zero attached hydrogens (tertiary/aromatic N) is 1. The lowest BCUT2D eigenvalue weighted by Crippen LogP contribution is -2.58. The normalized spacial score (nSPS) is 25.9. The highest BCUT2D eigenvalue weighted by Crippen LogP contribution is 2.38. The third kappa shape index (κ3) is 3.44. The first kappa shape index (κ1) is 19.4. The quantitative estimate of drug-likeness (QED) is 0.604. The van der Waals surface area contributed by atoms with Crippen molar-refractivity contribution in [3.8, 4) is 11.5 Å². The Balaban J connectivity index is 1.40. The van der Waals surface area contributed by atoms with Crippen LogP contribution in [0.15, 0.2) is 12.1 Å². The number of ether oxygens (including phenoxy) is 1. The second kappa shape index (κ2) is 7.49. The van der Waals surface area contributed by atoms with Gasteiger partial charge in [-0.1, -0.05) is 6.07 Å². The SMILES string of the molecule is COc1ccc2c(c1C(=O)O)OB(O)C(SCC(=O)N1CCC3(CCN3)C1)C2. The fourth-order valence-corrected chi connectivity index (χ4v) is 5.17. The Labute approximate surface area is 167 Å². The largest absolute Gasteiger partial charge is 0.536 e. The smallest absolute Gasteiger partial charge is 0.534 e. The molecule has 2 unspecified atom stereocenters. The van der Waals surface area contributed by atoms with Gasteiger partial charge < -0.3 is 29.7 Å². The Kier molecular flexibility index (Phi) is 5.20. The van der Waals surface area contributed by atoms with Crippen molar-refractivity contribution in [2.75, 3.05) is 32.5 Å². The van der Waals surface area contributed by atoms with Crippen molar-refractivity contribution in [2.45, 2.75) is 30.0 Å². The summed E-state index contributed by atoms with van der Waals surface area (Å²) in [5.74, 6) is -0.519. The molecule has 3 heterocycles. The number of carboxylic acids is 1. The van der Waals surface area contributed by atoms with Crippen LogP contribution in [0.25, 0.3) is 0 Å². The van der Waals surface area contributed by atoms with E-state index in [1.54, 1.807) is 12.1 Å². The molecule has 0 aromatic heterocycles. The van der Waals surface area contributed by atoms with Crippen LogP contribution in [-0.4, -0.2) is 77.2 Å². The number of nitrogens with one attached hydrogen (secondary N) is 1. The van der Waals surface area contributed by atoms with Crippen LogP contribution in [0.2, 0.25) is 0 Å². The minimum absolute atomic E-state index is 0.0644. The van der Waals surface area contributed by atoms with Gasteiger partial charge >= 0.3 is 13.1 Å². The van der Waals surface area contributed by atoms with Crippen LogP contribution in [-0.2, 0) is 11.2 Å². The van der Waals surface area contributed by atoms with Gasteiger partial charge in [-0.2, -0.15) is 0 Å². The van der Waals surface area contributed by atoms with Gasteiger partial charge in [0.05, 0.1) is 18.0 Å². The van der Waals surface area contributed by atoms with E-state index in [4.69, 9.17) is 9.39 Å². The zero-order valence-corrected chi connectivity index (χ0v) is 16.5. The van der Waals surface area contributed by atoms with E-state index in [0.29, 0.717) is 12.0 Å². The molecule has 8 nitrogen and oxygen atoms in total. The van der Waals surface area contributed by atoms with Gasteiger partial charge in [0.1, 0.15) is 17.1 Å².